The fraction of sp³-hybridized carbons (Fsp3) is 0.474. The molecule has 1 aromatic carbocycles. The monoisotopic (exact) mass is 327 g/mol. The van der Waals surface area contributed by atoms with Crippen LogP contribution >= 0.6 is 0 Å². The molecule has 2 aromatic rings. The van der Waals surface area contributed by atoms with Crippen LogP contribution in [-0.2, 0) is 24.7 Å². The van der Waals surface area contributed by atoms with E-state index in [1.165, 1.54) is 5.56 Å². The number of nitrogens with zero attached hydrogens (tertiary/aromatic N) is 2. The second-order valence-corrected chi connectivity index (χ2v) is 6.60. The maximum absolute atomic E-state index is 12.6. The highest BCUT2D eigenvalue weighted by Crippen LogP contribution is 2.36. The number of benzene rings is 1. The second kappa shape index (κ2) is 6.67. The Morgan fingerprint density at radius 3 is 2.92 bits per heavy atom. The lowest BCUT2D eigenvalue weighted by atomic mass is 9.82. The van der Waals surface area contributed by atoms with E-state index >= 15 is 0 Å². The molecule has 5 heteroatoms. The third kappa shape index (κ3) is 3.03. The van der Waals surface area contributed by atoms with Crippen LogP contribution in [0.4, 0.5) is 0 Å². The molecule has 0 spiro atoms. The third-order valence-corrected chi connectivity index (χ3v) is 5.13. The van der Waals surface area contributed by atoms with Crippen molar-refractivity contribution in [3.63, 3.8) is 0 Å². The average molecular weight is 327 g/mol. The summed E-state index contributed by atoms with van der Waals surface area (Å²) in [5.41, 5.74) is 5.29. The van der Waals surface area contributed by atoms with Crippen LogP contribution in [0.15, 0.2) is 18.2 Å². The summed E-state index contributed by atoms with van der Waals surface area (Å²) in [5.74, 6) is 0.212. The van der Waals surface area contributed by atoms with Crippen LogP contribution in [0.25, 0.3) is 0 Å². The summed E-state index contributed by atoms with van der Waals surface area (Å²) in [7, 11) is 1.94. The van der Waals surface area contributed by atoms with Gasteiger partial charge in [-0.2, -0.15) is 5.10 Å². The molecule has 24 heavy (non-hydrogen) atoms. The Morgan fingerprint density at radius 1 is 1.42 bits per heavy atom. The van der Waals surface area contributed by atoms with E-state index in [1.807, 2.05) is 30.8 Å². The van der Waals surface area contributed by atoms with Crippen LogP contribution < -0.4 is 5.32 Å². The molecule has 1 heterocycles. The summed E-state index contributed by atoms with van der Waals surface area (Å²) < 4.78 is 1.88. The molecule has 1 atom stereocenters. The number of aromatic nitrogens is 2. The average Bonchev–Trinajstić information content (AvgIpc) is 2.81. The molecule has 0 radical (unpaired) electrons. The number of phenols is 1. The molecule has 5 nitrogen and oxygen atoms in total. The second-order valence-electron chi connectivity index (χ2n) is 6.60. The maximum Gasteiger partial charge on any atom is 0.227 e. The highest BCUT2D eigenvalue weighted by molar-refractivity contribution is 5.84. The predicted octanol–water partition coefficient (Wildman–Crippen LogP) is 2.52. The van der Waals surface area contributed by atoms with E-state index in [2.05, 4.69) is 17.3 Å². The smallest absolute Gasteiger partial charge is 0.227 e. The first-order valence-corrected chi connectivity index (χ1v) is 8.56. The van der Waals surface area contributed by atoms with Crippen LogP contribution in [0.5, 0.6) is 5.75 Å². The lowest BCUT2D eigenvalue weighted by molar-refractivity contribution is -0.122. The Bertz CT molecular complexity index is 764. The number of aromatic hydroxyl groups is 1. The Labute approximate surface area is 142 Å². The zero-order chi connectivity index (χ0) is 17.3. The minimum Gasteiger partial charge on any atom is -0.508 e. The van der Waals surface area contributed by atoms with Gasteiger partial charge in [-0.25, -0.2) is 0 Å². The van der Waals surface area contributed by atoms with Crippen molar-refractivity contribution in [2.24, 2.45) is 7.05 Å². The number of phenolic OH excluding ortho intramolecular Hbond substituents is 1. The fourth-order valence-electron chi connectivity index (χ4n) is 3.71. The van der Waals surface area contributed by atoms with Gasteiger partial charge >= 0.3 is 0 Å². The van der Waals surface area contributed by atoms with E-state index in [-0.39, 0.29) is 11.8 Å². The van der Waals surface area contributed by atoms with Crippen molar-refractivity contribution in [3.8, 4) is 5.75 Å². The quantitative estimate of drug-likeness (QED) is 0.907. The Balaban J connectivity index is 1.65. The van der Waals surface area contributed by atoms with Gasteiger partial charge in [0, 0.05) is 19.3 Å². The molecule has 1 aliphatic carbocycles. The molecule has 0 aliphatic heterocycles. The van der Waals surface area contributed by atoms with Gasteiger partial charge in [0.05, 0.1) is 11.6 Å². The lowest BCUT2D eigenvalue weighted by Gasteiger charge is -2.25. The van der Waals surface area contributed by atoms with Gasteiger partial charge in [-0.05, 0) is 62.3 Å². The van der Waals surface area contributed by atoms with Crippen molar-refractivity contribution < 1.29 is 9.90 Å². The molecule has 1 aliphatic rings. The Morgan fingerprint density at radius 2 is 2.21 bits per heavy atom. The normalized spacial score (nSPS) is 16.7. The first-order chi connectivity index (χ1) is 11.5. The first kappa shape index (κ1) is 16.6. The highest BCUT2D eigenvalue weighted by atomic mass is 16.3. The third-order valence-electron chi connectivity index (χ3n) is 5.13. The van der Waals surface area contributed by atoms with E-state index < -0.39 is 0 Å². The van der Waals surface area contributed by atoms with E-state index in [0.29, 0.717) is 12.3 Å². The largest absolute Gasteiger partial charge is 0.508 e. The van der Waals surface area contributed by atoms with E-state index in [1.54, 1.807) is 6.07 Å². The van der Waals surface area contributed by atoms with Crippen LogP contribution in [0.2, 0.25) is 0 Å². The van der Waals surface area contributed by atoms with Crippen LogP contribution in [0.1, 0.15) is 46.8 Å². The molecule has 0 bridgehead atoms. The first-order valence-electron chi connectivity index (χ1n) is 8.56. The molecule has 0 fully saturated rings. The van der Waals surface area contributed by atoms with Gasteiger partial charge < -0.3 is 10.4 Å². The van der Waals surface area contributed by atoms with Crippen molar-refractivity contribution in [1.29, 1.82) is 0 Å². The molecule has 1 amide bonds. The zero-order valence-electron chi connectivity index (χ0n) is 14.6. The number of carbonyl (C=O) groups is 1. The number of nitrogens with one attached hydrogen (secondary N) is 1. The topological polar surface area (TPSA) is 67.2 Å². The van der Waals surface area contributed by atoms with Crippen molar-refractivity contribution in [2.75, 3.05) is 6.54 Å². The van der Waals surface area contributed by atoms with Crippen molar-refractivity contribution in [2.45, 2.75) is 45.4 Å². The lowest BCUT2D eigenvalue weighted by Crippen LogP contribution is -2.33. The van der Waals surface area contributed by atoms with Crippen LogP contribution in [0.3, 0.4) is 0 Å². The summed E-state index contributed by atoms with van der Waals surface area (Å²) in [6.45, 7) is 4.67. The molecule has 0 saturated carbocycles. The van der Waals surface area contributed by atoms with Gasteiger partial charge in [0.1, 0.15) is 5.75 Å². The molecular formula is C19H25N3O2. The number of amides is 1. The van der Waals surface area contributed by atoms with Gasteiger partial charge in [0.15, 0.2) is 0 Å². The summed E-state index contributed by atoms with van der Waals surface area (Å²) in [4.78, 5) is 12.6. The van der Waals surface area contributed by atoms with Gasteiger partial charge in [0.2, 0.25) is 5.91 Å². The van der Waals surface area contributed by atoms with Gasteiger partial charge in [-0.15, -0.1) is 0 Å². The molecule has 0 saturated heterocycles. The maximum atomic E-state index is 12.6. The number of fused-ring (bicyclic) bond motifs is 1. The minimum absolute atomic E-state index is 0.0562. The number of carbonyl (C=O) groups excluding carboxylic acids is 1. The van der Waals surface area contributed by atoms with E-state index in [0.717, 1.165) is 48.2 Å². The number of hydrogen-bond acceptors (Lipinski definition) is 3. The van der Waals surface area contributed by atoms with Gasteiger partial charge in [-0.3, -0.25) is 9.48 Å². The Kier molecular flexibility index (Phi) is 4.60. The number of rotatable bonds is 4. The SMILES string of the molecule is Cc1nn(C)c(C)c1CCNC(=O)C1CCCc2c(O)cccc21. The molecule has 3 rings (SSSR count). The van der Waals surface area contributed by atoms with Gasteiger partial charge in [0.25, 0.3) is 0 Å². The summed E-state index contributed by atoms with van der Waals surface area (Å²) >= 11 is 0. The standard InChI is InChI=1S/C19H25N3O2/c1-12-14(13(2)22(3)21-12)10-11-20-19(24)17-8-4-7-16-15(17)6-5-9-18(16)23/h5-6,9,17,23H,4,7-8,10-11H2,1-3H3,(H,20,24). The summed E-state index contributed by atoms with van der Waals surface area (Å²) in [6, 6.07) is 5.49. The molecular weight excluding hydrogens is 302 g/mol. The molecule has 2 N–H and O–H groups in total. The van der Waals surface area contributed by atoms with E-state index in [4.69, 9.17) is 0 Å². The Hall–Kier alpha value is -2.30. The summed E-state index contributed by atoms with van der Waals surface area (Å²) in [6.07, 6.45) is 3.41. The molecule has 1 aromatic heterocycles. The van der Waals surface area contributed by atoms with Crippen LogP contribution in [-0.4, -0.2) is 27.3 Å². The van der Waals surface area contributed by atoms with Gasteiger partial charge in [-0.1, -0.05) is 12.1 Å². The zero-order valence-corrected chi connectivity index (χ0v) is 14.6. The molecule has 1 unspecified atom stereocenters. The van der Waals surface area contributed by atoms with Crippen molar-refractivity contribution >= 4 is 5.91 Å². The van der Waals surface area contributed by atoms with Crippen molar-refractivity contribution in [3.05, 3.63) is 46.3 Å². The van der Waals surface area contributed by atoms with E-state index in [9.17, 15) is 9.90 Å². The van der Waals surface area contributed by atoms with Crippen molar-refractivity contribution in [1.82, 2.24) is 15.1 Å². The summed E-state index contributed by atoms with van der Waals surface area (Å²) in [5, 5.41) is 17.5. The fourth-order valence-corrected chi connectivity index (χ4v) is 3.71. The number of aryl methyl sites for hydroxylation is 2. The highest BCUT2D eigenvalue weighted by Gasteiger charge is 2.27. The molecule has 128 valence electrons. The minimum atomic E-state index is -0.156. The number of hydrogen-bond donors (Lipinski definition) is 2. The predicted molar refractivity (Wildman–Crippen MR) is 93.2 cm³/mol. The van der Waals surface area contributed by atoms with Crippen LogP contribution in [0, 0.1) is 13.8 Å².